The third-order valence-electron chi connectivity index (χ3n) is 4.23. The number of hydrogen-bond donors (Lipinski definition) is 2. The third kappa shape index (κ3) is 3.65. The zero-order valence-corrected chi connectivity index (χ0v) is 13.9. The standard InChI is InChI=1S/C20H21FN2O/c1-13-6-7-19-18(10-13)17(14(2)23-19)8-9-22-20(24)12-15-4-3-5-16(21)11-15/h3-7,10-11,23H,8-9,12H2,1-2H3,(H,22,24). The van der Waals surface area contributed by atoms with E-state index in [4.69, 9.17) is 0 Å². The Morgan fingerprint density at radius 3 is 2.79 bits per heavy atom. The molecule has 24 heavy (non-hydrogen) atoms. The minimum Gasteiger partial charge on any atom is -0.358 e. The van der Waals surface area contributed by atoms with Crippen LogP contribution in [0.25, 0.3) is 10.9 Å². The fourth-order valence-corrected chi connectivity index (χ4v) is 3.04. The summed E-state index contributed by atoms with van der Waals surface area (Å²) in [6.07, 6.45) is 0.966. The quantitative estimate of drug-likeness (QED) is 0.736. The Hall–Kier alpha value is -2.62. The normalized spacial score (nSPS) is 11.0. The molecule has 0 atom stereocenters. The van der Waals surface area contributed by atoms with Crippen molar-refractivity contribution in [2.24, 2.45) is 0 Å². The van der Waals surface area contributed by atoms with Gasteiger partial charge in [-0.2, -0.15) is 0 Å². The molecule has 0 spiro atoms. The molecule has 0 aliphatic heterocycles. The van der Waals surface area contributed by atoms with Crippen LogP contribution < -0.4 is 5.32 Å². The number of aromatic nitrogens is 1. The lowest BCUT2D eigenvalue weighted by molar-refractivity contribution is -0.120. The van der Waals surface area contributed by atoms with Gasteiger partial charge in [-0.05, 0) is 55.7 Å². The van der Waals surface area contributed by atoms with Crippen LogP contribution in [0.1, 0.15) is 22.4 Å². The van der Waals surface area contributed by atoms with Gasteiger partial charge in [0.2, 0.25) is 5.91 Å². The summed E-state index contributed by atoms with van der Waals surface area (Å²) in [6, 6.07) is 12.5. The molecule has 1 amide bonds. The van der Waals surface area contributed by atoms with Crippen LogP contribution in [0.15, 0.2) is 42.5 Å². The molecule has 4 heteroatoms. The molecular formula is C20H21FN2O. The van der Waals surface area contributed by atoms with Crippen molar-refractivity contribution in [2.75, 3.05) is 6.54 Å². The fraction of sp³-hybridized carbons (Fsp3) is 0.250. The van der Waals surface area contributed by atoms with Crippen molar-refractivity contribution in [2.45, 2.75) is 26.7 Å². The number of benzene rings is 2. The first-order valence-corrected chi connectivity index (χ1v) is 8.12. The second-order valence-corrected chi connectivity index (χ2v) is 6.18. The number of carbonyl (C=O) groups is 1. The molecule has 0 saturated carbocycles. The largest absolute Gasteiger partial charge is 0.358 e. The SMILES string of the molecule is Cc1ccc2[nH]c(C)c(CCNC(=O)Cc3cccc(F)c3)c2c1. The van der Waals surface area contributed by atoms with E-state index in [0.29, 0.717) is 12.1 Å². The summed E-state index contributed by atoms with van der Waals surface area (Å²) in [6.45, 7) is 4.70. The highest BCUT2D eigenvalue weighted by Crippen LogP contribution is 2.23. The summed E-state index contributed by atoms with van der Waals surface area (Å²) in [5.41, 5.74) is 5.40. The number of amides is 1. The van der Waals surface area contributed by atoms with Crippen molar-refractivity contribution in [3.8, 4) is 0 Å². The average Bonchev–Trinajstić information content (AvgIpc) is 2.83. The van der Waals surface area contributed by atoms with Gasteiger partial charge in [-0.25, -0.2) is 4.39 Å². The van der Waals surface area contributed by atoms with E-state index in [9.17, 15) is 9.18 Å². The Bertz CT molecular complexity index is 882. The number of aryl methyl sites for hydroxylation is 2. The lowest BCUT2D eigenvalue weighted by atomic mass is 10.1. The van der Waals surface area contributed by atoms with Crippen molar-refractivity contribution in [1.29, 1.82) is 0 Å². The van der Waals surface area contributed by atoms with E-state index >= 15 is 0 Å². The maximum atomic E-state index is 13.1. The predicted octanol–water partition coefficient (Wildman–Crippen LogP) is 3.83. The Balaban J connectivity index is 1.61. The first kappa shape index (κ1) is 16.2. The minimum absolute atomic E-state index is 0.0886. The summed E-state index contributed by atoms with van der Waals surface area (Å²) >= 11 is 0. The number of aromatic amines is 1. The Morgan fingerprint density at radius 1 is 1.17 bits per heavy atom. The van der Waals surface area contributed by atoms with Crippen molar-refractivity contribution in [3.63, 3.8) is 0 Å². The van der Waals surface area contributed by atoms with E-state index in [2.05, 4.69) is 42.3 Å². The summed E-state index contributed by atoms with van der Waals surface area (Å²) < 4.78 is 13.1. The van der Waals surface area contributed by atoms with Gasteiger partial charge in [0.05, 0.1) is 6.42 Å². The summed E-state index contributed by atoms with van der Waals surface area (Å²) in [5, 5.41) is 4.13. The van der Waals surface area contributed by atoms with Crippen LogP contribution in [0.2, 0.25) is 0 Å². The van der Waals surface area contributed by atoms with Gasteiger partial charge in [0.1, 0.15) is 5.82 Å². The first-order chi connectivity index (χ1) is 11.5. The second kappa shape index (κ2) is 6.87. The van der Waals surface area contributed by atoms with E-state index < -0.39 is 0 Å². The van der Waals surface area contributed by atoms with Gasteiger partial charge < -0.3 is 10.3 Å². The van der Waals surface area contributed by atoms with Gasteiger partial charge in [-0.3, -0.25) is 4.79 Å². The van der Waals surface area contributed by atoms with E-state index in [1.807, 2.05) is 0 Å². The van der Waals surface area contributed by atoms with Crippen LogP contribution in [0, 0.1) is 19.7 Å². The van der Waals surface area contributed by atoms with Gasteiger partial charge in [0, 0.05) is 23.1 Å². The molecule has 2 N–H and O–H groups in total. The Labute approximate surface area is 140 Å². The molecule has 0 fully saturated rings. The fourth-order valence-electron chi connectivity index (χ4n) is 3.04. The molecule has 2 aromatic carbocycles. The van der Waals surface area contributed by atoms with E-state index in [-0.39, 0.29) is 18.1 Å². The lowest BCUT2D eigenvalue weighted by Gasteiger charge is -2.06. The number of hydrogen-bond acceptors (Lipinski definition) is 1. The van der Waals surface area contributed by atoms with Gasteiger partial charge in [-0.1, -0.05) is 23.8 Å². The first-order valence-electron chi connectivity index (χ1n) is 8.12. The average molecular weight is 324 g/mol. The lowest BCUT2D eigenvalue weighted by Crippen LogP contribution is -2.27. The molecule has 0 aliphatic carbocycles. The summed E-state index contributed by atoms with van der Waals surface area (Å²) in [4.78, 5) is 15.4. The highest BCUT2D eigenvalue weighted by molar-refractivity contribution is 5.85. The number of carbonyl (C=O) groups excluding carboxylic acids is 1. The second-order valence-electron chi connectivity index (χ2n) is 6.18. The van der Waals surface area contributed by atoms with Crippen LogP contribution >= 0.6 is 0 Å². The highest BCUT2D eigenvalue weighted by Gasteiger charge is 2.09. The third-order valence-corrected chi connectivity index (χ3v) is 4.23. The molecule has 3 rings (SSSR count). The van der Waals surface area contributed by atoms with Gasteiger partial charge >= 0.3 is 0 Å². The molecule has 0 saturated heterocycles. The van der Waals surface area contributed by atoms with Crippen LogP contribution in [0.3, 0.4) is 0 Å². The van der Waals surface area contributed by atoms with Crippen LogP contribution in [-0.2, 0) is 17.6 Å². The Kier molecular flexibility index (Phi) is 4.65. The molecule has 0 bridgehead atoms. The number of fused-ring (bicyclic) bond motifs is 1. The van der Waals surface area contributed by atoms with Crippen molar-refractivity contribution in [3.05, 3.63) is 70.7 Å². The zero-order chi connectivity index (χ0) is 17.1. The molecule has 3 nitrogen and oxygen atoms in total. The van der Waals surface area contributed by atoms with E-state index in [0.717, 1.165) is 17.6 Å². The number of nitrogens with one attached hydrogen (secondary N) is 2. The van der Waals surface area contributed by atoms with Crippen molar-refractivity contribution < 1.29 is 9.18 Å². The monoisotopic (exact) mass is 324 g/mol. The summed E-state index contributed by atoms with van der Waals surface area (Å²) in [5.74, 6) is -0.403. The van der Waals surface area contributed by atoms with Crippen LogP contribution in [0.5, 0.6) is 0 Å². The molecule has 1 aromatic heterocycles. The molecule has 0 aliphatic rings. The molecule has 1 heterocycles. The highest BCUT2D eigenvalue weighted by atomic mass is 19.1. The predicted molar refractivity (Wildman–Crippen MR) is 94.6 cm³/mol. The molecule has 3 aromatic rings. The van der Waals surface area contributed by atoms with Gasteiger partial charge in [0.15, 0.2) is 0 Å². The van der Waals surface area contributed by atoms with Crippen LogP contribution in [-0.4, -0.2) is 17.4 Å². The molecule has 124 valence electrons. The molecule has 0 radical (unpaired) electrons. The van der Waals surface area contributed by atoms with Crippen LogP contribution in [0.4, 0.5) is 4.39 Å². The zero-order valence-electron chi connectivity index (χ0n) is 13.9. The minimum atomic E-state index is -0.315. The van der Waals surface area contributed by atoms with Crippen molar-refractivity contribution >= 4 is 16.8 Å². The molecule has 0 unspecified atom stereocenters. The maximum absolute atomic E-state index is 13.1. The number of rotatable bonds is 5. The maximum Gasteiger partial charge on any atom is 0.224 e. The Morgan fingerprint density at radius 2 is 2.00 bits per heavy atom. The van der Waals surface area contributed by atoms with Gasteiger partial charge in [0.25, 0.3) is 0 Å². The summed E-state index contributed by atoms with van der Waals surface area (Å²) in [7, 11) is 0. The number of halogens is 1. The van der Waals surface area contributed by atoms with Crippen molar-refractivity contribution in [1.82, 2.24) is 10.3 Å². The molecular weight excluding hydrogens is 303 g/mol. The number of H-pyrrole nitrogens is 1. The smallest absolute Gasteiger partial charge is 0.224 e. The topological polar surface area (TPSA) is 44.9 Å². The van der Waals surface area contributed by atoms with Gasteiger partial charge in [-0.15, -0.1) is 0 Å². The van der Waals surface area contributed by atoms with E-state index in [1.54, 1.807) is 12.1 Å². The van der Waals surface area contributed by atoms with E-state index in [1.165, 1.54) is 28.6 Å².